The van der Waals surface area contributed by atoms with Crippen LogP contribution < -0.4 is 87.2 Å². The van der Waals surface area contributed by atoms with Crippen LogP contribution in [0.3, 0.4) is 0 Å². The van der Waals surface area contributed by atoms with Crippen LogP contribution >= 0.6 is 0 Å². The van der Waals surface area contributed by atoms with Crippen molar-refractivity contribution in [3.8, 4) is 0 Å². The van der Waals surface area contributed by atoms with Gasteiger partial charge in [-0.2, -0.15) is 8.42 Å². The highest BCUT2D eigenvalue weighted by molar-refractivity contribution is 7.79. The fourth-order valence-electron chi connectivity index (χ4n) is 9.09. The molecule has 0 bridgehead atoms. The third-order valence-electron chi connectivity index (χ3n) is 14.7. The molecular weight excluding hydrogens is 1200 g/mol. The molecule has 34 heteroatoms. The lowest BCUT2D eigenvalue weighted by molar-refractivity contribution is -0.137. The number of carbonyl (C=O) groups is 11. The number of nitrogens with two attached hydrogens (primary N) is 5. The van der Waals surface area contributed by atoms with Crippen molar-refractivity contribution in [2.75, 3.05) is 39.3 Å². The maximum absolute atomic E-state index is 14.5. The molecular formula is C56H100N16O17S. The van der Waals surface area contributed by atoms with Crippen LogP contribution in [0.4, 0.5) is 0 Å². The first-order chi connectivity index (χ1) is 42.4. The first-order valence-corrected chi connectivity index (χ1v) is 31.7. The van der Waals surface area contributed by atoms with E-state index in [1.54, 1.807) is 44.2 Å². The summed E-state index contributed by atoms with van der Waals surface area (Å²) in [4.78, 5) is 154. The smallest absolute Gasteiger partial charge is 0.391 e. The molecule has 1 saturated heterocycles. The highest BCUT2D eigenvalue weighted by atomic mass is 32.3. The number of aliphatic hydroxyl groups excluding tert-OH is 2. The van der Waals surface area contributed by atoms with Crippen LogP contribution in [0.2, 0.25) is 0 Å². The molecule has 11 amide bonds. The standard InChI is InChI=1S/C56H98N16O13.H2O4S/c1-7-31(3)14-12-13-17-43(75)63-36(18-24-57)51(80)72-46(34(6)74)56(85)68-39(21-27-60)48(77)66-41-23-29-62-54(83)45(33(5)73)71-52(81)40(22-28-61)65-47(76)38(20-26-59)67-55(84)44(32(4)8-2)70-53(82)42(30-35-15-10-9-11-16-35)69-49(78)37(19-25-58)64-50(41)79;1-5(2,3)4/h9-11,15-16,31-34,36-42,44-46,73-74H,7-8,12-14,17-30,57-61H2,1-6H3,(H,62,83)(H,63,75)(H,64,79)(H,65,76)(H,66,77)(H,67,84)(H,68,85)(H,69,78)(H,70,82)(H,71,81)(H,72,80);(H2,1,2,3,4)/t31?,32-,33+,34+,36-,37?,38-,39-,40-,41?,42+,44-,45?,46-;/m0./s1. The quantitative estimate of drug-likeness (QED) is 0.0262. The van der Waals surface area contributed by atoms with Crippen molar-refractivity contribution in [1.82, 2.24) is 58.5 Å². The van der Waals surface area contributed by atoms with Gasteiger partial charge >= 0.3 is 10.4 Å². The van der Waals surface area contributed by atoms with E-state index < -0.39 is 167 Å². The number of hydrogen-bond acceptors (Lipinski definition) is 20. The number of nitrogens with one attached hydrogen (secondary N) is 11. The Balaban J connectivity index is 0.00000776. The zero-order valence-corrected chi connectivity index (χ0v) is 53.1. The Morgan fingerprint density at radius 3 is 1.53 bits per heavy atom. The summed E-state index contributed by atoms with van der Waals surface area (Å²) in [6.45, 7) is 8.87. The number of benzene rings is 1. The molecule has 2 rings (SSSR count). The zero-order chi connectivity index (χ0) is 68.3. The van der Waals surface area contributed by atoms with E-state index in [0.717, 1.165) is 19.3 Å². The van der Waals surface area contributed by atoms with Crippen molar-refractivity contribution in [3.63, 3.8) is 0 Å². The van der Waals surface area contributed by atoms with Gasteiger partial charge in [-0.3, -0.25) is 61.8 Å². The number of rotatable bonds is 29. The second kappa shape index (κ2) is 42.9. The van der Waals surface area contributed by atoms with Crippen LogP contribution in [-0.2, 0) is 69.6 Å². The Labute approximate surface area is 525 Å². The van der Waals surface area contributed by atoms with Crippen molar-refractivity contribution in [2.45, 2.75) is 198 Å². The lowest BCUT2D eigenvalue weighted by atomic mass is 9.96. The first-order valence-electron chi connectivity index (χ1n) is 30.3. The number of amides is 11. The number of carbonyl (C=O) groups excluding carboxylic acids is 11. The average molecular weight is 1300 g/mol. The lowest BCUT2D eigenvalue weighted by Gasteiger charge is -2.30. The maximum Gasteiger partial charge on any atom is 0.394 e. The van der Waals surface area contributed by atoms with Crippen LogP contribution in [0, 0.1) is 11.8 Å². The molecule has 33 nitrogen and oxygen atoms in total. The SMILES string of the molecule is CCC(C)CCCCC(=O)N[C@@H](CCN)C(=O)N[C@H](C(=O)N[C@@H](CCN)C(=O)NC1CCNC(=O)C([C@@H](C)O)NC(=O)[C@H](CCN)NC(=O)[C@H](CCN)NC(=O)[C@H]([C@@H](C)CC)NC(=O)[C@@H](Cc2ccccc2)NC(=O)C(CCN)NC1=O)[C@@H](C)O.O=S(=O)(O)O. The summed E-state index contributed by atoms with van der Waals surface area (Å²) in [5.41, 5.74) is 29.9. The molecule has 0 saturated carbocycles. The van der Waals surface area contributed by atoms with E-state index in [9.17, 15) is 63.0 Å². The predicted molar refractivity (Wildman–Crippen MR) is 330 cm³/mol. The molecule has 0 radical (unpaired) electrons. The molecule has 1 aromatic rings. The molecule has 1 aliphatic rings. The summed E-state index contributed by atoms with van der Waals surface area (Å²) in [6.07, 6.45) is -0.756. The first kappa shape index (κ1) is 81.0. The minimum Gasteiger partial charge on any atom is -0.391 e. The summed E-state index contributed by atoms with van der Waals surface area (Å²) in [5.74, 6) is -9.81. The maximum atomic E-state index is 14.5. The monoisotopic (exact) mass is 1300 g/mol. The Bertz CT molecular complexity index is 2570. The molecule has 14 atom stereocenters. The van der Waals surface area contributed by atoms with E-state index in [1.165, 1.54) is 13.8 Å². The van der Waals surface area contributed by atoms with E-state index in [0.29, 0.717) is 24.3 Å². The van der Waals surface area contributed by atoms with E-state index in [1.807, 2.05) is 0 Å². The summed E-state index contributed by atoms with van der Waals surface area (Å²) >= 11 is 0. The van der Waals surface area contributed by atoms with E-state index in [2.05, 4.69) is 72.3 Å². The summed E-state index contributed by atoms with van der Waals surface area (Å²) in [6, 6.07) is -6.25. The fourth-order valence-corrected chi connectivity index (χ4v) is 9.09. The molecule has 1 fully saturated rings. The zero-order valence-electron chi connectivity index (χ0n) is 52.3. The molecule has 4 unspecified atom stereocenters. The Kier molecular flexibility index (Phi) is 38.6. The molecule has 90 heavy (non-hydrogen) atoms. The van der Waals surface area contributed by atoms with Gasteiger partial charge in [-0.1, -0.05) is 83.7 Å². The van der Waals surface area contributed by atoms with Crippen molar-refractivity contribution in [2.24, 2.45) is 40.5 Å². The highest BCUT2D eigenvalue weighted by Crippen LogP contribution is 2.14. The van der Waals surface area contributed by atoms with Gasteiger partial charge in [0.15, 0.2) is 0 Å². The van der Waals surface area contributed by atoms with E-state index in [4.69, 9.17) is 46.2 Å². The van der Waals surface area contributed by atoms with Gasteiger partial charge < -0.3 is 97.4 Å². The molecule has 0 aromatic heterocycles. The molecule has 0 aliphatic carbocycles. The largest absolute Gasteiger partial charge is 0.394 e. The van der Waals surface area contributed by atoms with Crippen LogP contribution in [-0.4, -0.2) is 205 Å². The van der Waals surface area contributed by atoms with Crippen LogP contribution in [0.15, 0.2) is 30.3 Å². The summed E-state index contributed by atoms with van der Waals surface area (Å²) in [7, 11) is -4.67. The number of unbranched alkanes of at least 4 members (excludes halogenated alkanes) is 1. The average Bonchev–Trinajstić information content (AvgIpc) is 2.24. The van der Waals surface area contributed by atoms with Gasteiger partial charge in [0.2, 0.25) is 65.0 Å². The molecule has 0 spiro atoms. The van der Waals surface area contributed by atoms with Gasteiger partial charge in [-0.05, 0) is 109 Å². The molecule has 1 aromatic carbocycles. The second-order valence-electron chi connectivity index (χ2n) is 22.2. The topological polar surface area (TPSA) is 565 Å². The molecule has 1 heterocycles. The predicted octanol–water partition coefficient (Wildman–Crippen LogP) is -5.90. The summed E-state index contributed by atoms with van der Waals surface area (Å²) < 4.78 is 31.6. The van der Waals surface area contributed by atoms with Crippen LogP contribution in [0.25, 0.3) is 0 Å². The fraction of sp³-hybridized carbons (Fsp3) is 0.696. The van der Waals surface area contributed by atoms with Gasteiger partial charge in [0, 0.05) is 19.4 Å². The van der Waals surface area contributed by atoms with Gasteiger partial charge in [0.25, 0.3) is 0 Å². The number of aliphatic hydroxyl groups is 2. The van der Waals surface area contributed by atoms with Gasteiger partial charge in [-0.15, -0.1) is 0 Å². The van der Waals surface area contributed by atoms with Crippen LogP contribution in [0.1, 0.15) is 124 Å². The Morgan fingerprint density at radius 2 is 1.04 bits per heavy atom. The van der Waals surface area contributed by atoms with E-state index >= 15 is 0 Å². The van der Waals surface area contributed by atoms with Crippen molar-refractivity contribution >= 4 is 75.4 Å². The van der Waals surface area contributed by atoms with Crippen molar-refractivity contribution in [1.29, 1.82) is 0 Å². The van der Waals surface area contributed by atoms with Gasteiger partial charge in [0.05, 0.1) is 12.2 Å². The third-order valence-corrected chi connectivity index (χ3v) is 14.7. The highest BCUT2D eigenvalue weighted by Gasteiger charge is 2.38. The molecule has 1 aliphatic heterocycles. The van der Waals surface area contributed by atoms with Crippen molar-refractivity contribution < 1.29 is 80.5 Å². The minimum absolute atomic E-state index is 0.0173. The number of hydrogen-bond donors (Lipinski definition) is 20. The normalized spacial score (nSPS) is 22.6. The molecule has 512 valence electrons. The Hall–Kier alpha value is -7.02. The molecule has 25 N–H and O–H groups in total. The van der Waals surface area contributed by atoms with Crippen LogP contribution in [0.5, 0.6) is 0 Å². The Morgan fingerprint density at radius 1 is 0.567 bits per heavy atom. The second-order valence-corrected chi connectivity index (χ2v) is 23.1. The van der Waals surface area contributed by atoms with E-state index in [-0.39, 0.29) is 77.7 Å². The van der Waals surface area contributed by atoms with Gasteiger partial charge in [-0.25, -0.2) is 0 Å². The van der Waals surface area contributed by atoms with Crippen molar-refractivity contribution in [3.05, 3.63) is 35.9 Å². The minimum atomic E-state index is -4.67. The summed E-state index contributed by atoms with van der Waals surface area (Å²) in [5, 5.41) is 49.7. The third kappa shape index (κ3) is 31.1. The lowest BCUT2D eigenvalue weighted by Crippen LogP contribution is -2.62. The van der Waals surface area contributed by atoms with Gasteiger partial charge in [0.1, 0.15) is 60.4 Å².